The maximum Gasteiger partial charge on any atom is 0.323 e. The summed E-state index contributed by atoms with van der Waals surface area (Å²) in [6.45, 7) is 0.122. The van der Waals surface area contributed by atoms with E-state index in [0.717, 1.165) is 11.3 Å². The molecule has 1 amide bonds. The number of amides is 1. The van der Waals surface area contributed by atoms with Crippen molar-refractivity contribution in [2.24, 2.45) is 0 Å². The van der Waals surface area contributed by atoms with Crippen LogP contribution in [-0.2, 0) is 22.4 Å². The van der Waals surface area contributed by atoms with Gasteiger partial charge in [0, 0.05) is 19.4 Å². The van der Waals surface area contributed by atoms with Gasteiger partial charge in [-0.05, 0) is 24.1 Å². The minimum atomic E-state index is -1.00. The third kappa shape index (κ3) is 5.09. The lowest BCUT2D eigenvalue weighted by molar-refractivity contribution is -0.144. The van der Waals surface area contributed by atoms with Crippen LogP contribution in [0.25, 0.3) is 0 Å². The van der Waals surface area contributed by atoms with Gasteiger partial charge in [0.15, 0.2) is 0 Å². The molecule has 0 atom stereocenters. The van der Waals surface area contributed by atoms with Gasteiger partial charge in [0.2, 0.25) is 5.91 Å². The monoisotopic (exact) mass is 301 g/mol. The SMILES string of the molecule is O=C(O)CN(CCc1ccccc1)C(=O)CCc1ccco1. The van der Waals surface area contributed by atoms with Gasteiger partial charge in [0.05, 0.1) is 6.26 Å². The summed E-state index contributed by atoms with van der Waals surface area (Å²) in [6, 6.07) is 13.3. The molecule has 0 aliphatic heterocycles. The van der Waals surface area contributed by atoms with Crippen molar-refractivity contribution in [3.05, 3.63) is 60.1 Å². The summed E-state index contributed by atoms with van der Waals surface area (Å²) in [5.74, 6) is -0.444. The van der Waals surface area contributed by atoms with E-state index in [1.165, 1.54) is 4.90 Å². The molecule has 1 heterocycles. The molecule has 0 aliphatic rings. The highest BCUT2D eigenvalue weighted by atomic mass is 16.4. The van der Waals surface area contributed by atoms with Gasteiger partial charge in [-0.3, -0.25) is 9.59 Å². The van der Waals surface area contributed by atoms with Crippen molar-refractivity contribution in [1.29, 1.82) is 0 Å². The molecule has 116 valence electrons. The second kappa shape index (κ2) is 8.02. The Hall–Kier alpha value is -2.56. The molecule has 0 bridgehead atoms. The number of aliphatic carboxylic acids is 1. The van der Waals surface area contributed by atoms with Crippen LogP contribution >= 0.6 is 0 Å². The lowest BCUT2D eigenvalue weighted by Gasteiger charge is -2.20. The molecule has 0 saturated heterocycles. The first-order valence-corrected chi connectivity index (χ1v) is 7.21. The molecule has 22 heavy (non-hydrogen) atoms. The molecular weight excluding hydrogens is 282 g/mol. The number of rotatable bonds is 8. The predicted octanol–water partition coefficient (Wildman–Crippen LogP) is 2.37. The number of carbonyl (C=O) groups excluding carboxylic acids is 1. The van der Waals surface area contributed by atoms with Gasteiger partial charge >= 0.3 is 5.97 Å². The minimum Gasteiger partial charge on any atom is -0.480 e. The fraction of sp³-hybridized carbons (Fsp3) is 0.294. The van der Waals surface area contributed by atoms with E-state index in [2.05, 4.69) is 0 Å². The summed E-state index contributed by atoms with van der Waals surface area (Å²) in [7, 11) is 0. The first-order chi connectivity index (χ1) is 10.6. The highest BCUT2D eigenvalue weighted by molar-refractivity contribution is 5.81. The molecule has 0 spiro atoms. The lowest BCUT2D eigenvalue weighted by atomic mass is 10.1. The van der Waals surface area contributed by atoms with E-state index in [1.807, 2.05) is 30.3 Å². The molecule has 0 saturated carbocycles. The standard InChI is InChI=1S/C17H19NO4/c19-16(9-8-15-7-4-12-22-15)18(13-17(20)21)11-10-14-5-2-1-3-6-14/h1-7,12H,8-11,13H2,(H,20,21). The second-order valence-corrected chi connectivity index (χ2v) is 5.02. The largest absolute Gasteiger partial charge is 0.480 e. The molecular formula is C17H19NO4. The van der Waals surface area contributed by atoms with Gasteiger partial charge in [-0.2, -0.15) is 0 Å². The van der Waals surface area contributed by atoms with Crippen molar-refractivity contribution in [2.75, 3.05) is 13.1 Å². The summed E-state index contributed by atoms with van der Waals surface area (Å²) in [6.07, 6.45) is 2.92. The van der Waals surface area contributed by atoms with Crippen LogP contribution in [0, 0.1) is 0 Å². The normalized spacial score (nSPS) is 10.4. The minimum absolute atomic E-state index is 0.172. The Morgan fingerprint density at radius 2 is 1.82 bits per heavy atom. The summed E-state index contributed by atoms with van der Waals surface area (Å²) in [4.78, 5) is 24.5. The van der Waals surface area contributed by atoms with Crippen LogP contribution in [0.3, 0.4) is 0 Å². The Balaban J connectivity index is 1.89. The Bertz CT molecular complexity index is 592. The van der Waals surface area contributed by atoms with Crippen LogP contribution in [0.2, 0.25) is 0 Å². The molecule has 0 unspecified atom stereocenters. The van der Waals surface area contributed by atoms with E-state index in [4.69, 9.17) is 9.52 Å². The number of carbonyl (C=O) groups is 2. The van der Waals surface area contributed by atoms with Crippen molar-refractivity contribution in [3.63, 3.8) is 0 Å². The molecule has 1 N–H and O–H groups in total. The summed E-state index contributed by atoms with van der Waals surface area (Å²) in [5.41, 5.74) is 1.08. The fourth-order valence-corrected chi connectivity index (χ4v) is 2.21. The molecule has 0 aliphatic carbocycles. The molecule has 2 aromatic rings. The van der Waals surface area contributed by atoms with E-state index in [0.29, 0.717) is 19.4 Å². The Kier molecular flexibility index (Phi) is 5.77. The predicted molar refractivity (Wildman–Crippen MR) is 81.4 cm³/mol. The van der Waals surface area contributed by atoms with Crippen molar-refractivity contribution in [3.8, 4) is 0 Å². The number of nitrogens with zero attached hydrogens (tertiary/aromatic N) is 1. The average molecular weight is 301 g/mol. The number of hydrogen-bond donors (Lipinski definition) is 1. The van der Waals surface area contributed by atoms with Gasteiger partial charge in [0.1, 0.15) is 12.3 Å². The highest BCUT2D eigenvalue weighted by Crippen LogP contribution is 2.07. The van der Waals surface area contributed by atoms with E-state index >= 15 is 0 Å². The molecule has 2 rings (SSSR count). The van der Waals surface area contributed by atoms with Crippen molar-refractivity contribution in [2.45, 2.75) is 19.3 Å². The van der Waals surface area contributed by atoms with Gasteiger partial charge in [-0.25, -0.2) is 0 Å². The second-order valence-electron chi connectivity index (χ2n) is 5.02. The molecule has 5 nitrogen and oxygen atoms in total. The number of carboxylic acid groups (broad SMARTS) is 1. The summed E-state index contributed by atoms with van der Waals surface area (Å²) in [5, 5.41) is 8.97. The van der Waals surface area contributed by atoms with E-state index in [1.54, 1.807) is 18.4 Å². The maximum absolute atomic E-state index is 12.2. The lowest BCUT2D eigenvalue weighted by Crippen LogP contribution is -2.37. The fourth-order valence-electron chi connectivity index (χ4n) is 2.21. The van der Waals surface area contributed by atoms with Crippen LogP contribution in [0.1, 0.15) is 17.7 Å². The molecule has 1 aromatic carbocycles. The first kappa shape index (κ1) is 15.8. The first-order valence-electron chi connectivity index (χ1n) is 7.21. The van der Waals surface area contributed by atoms with Crippen molar-refractivity contribution >= 4 is 11.9 Å². The molecule has 0 radical (unpaired) electrons. The summed E-state index contributed by atoms with van der Waals surface area (Å²) >= 11 is 0. The van der Waals surface area contributed by atoms with Crippen LogP contribution in [0.5, 0.6) is 0 Å². The zero-order chi connectivity index (χ0) is 15.8. The Morgan fingerprint density at radius 3 is 2.45 bits per heavy atom. The zero-order valence-electron chi connectivity index (χ0n) is 12.3. The van der Waals surface area contributed by atoms with Crippen molar-refractivity contribution in [1.82, 2.24) is 4.90 Å². The van der Waals surface area contributed by atoms with Crippen LogP contribution < -0.4 is 0 Å². The Labute approximate surface area is 129 Å². The van der Waals surface area contributed by atoms with Crippen LogP contribution in [0.4, 0.5) is 0 Å². The van der Waals surface area contributed by atoms with Crippen LogP contribution in [-0.4, -0.2) is 35.0 Å². The van der Waals surface area contributed by atoms with Crippen molar-refractivity contribution < 1.29 is 19.1 Å². The van der Waals surface area contributed by atoms with Gasteiger partial charge in [-0.15, -0.1) is 0 Å². The topological polar surface area (TPSA) is 70.8 Å². The van der Waals surface area contributed by atoms with Gasteiger partial charge in [0.25, 0.3) is 0 Å². The van der Waals surface area contributed by atoms with E-state index < -0.39 is 5.97 Å². The van der Waals surface area contributed by atoms with E-state index in [9.17, 15) is 9.59 Å². The number of hydrogen-bond acceptors (Lipinski definition) is 3. The highest BCUT2D eigenvalue weighted by Gasteiger charge is 2.17. The number of carboxylic acids is 1. The van der Waals surface area contributed by atoms with Crippen LogP contribution in [0.15, 0.2) is 53.1 Å². The zero-order valence-corrected chi connectivity index (χ0v) is 12.3. The third-order valence-corrected chi connectivity index (χ3v) is 3.36. The van der Waals surface area contributed by atoms with Gasteiger partial charge < -0.3 is 14.4 Å². The quantitative estimate of drug-likeness (QED) is 0.812. The number of furan rings is 1. The number of benzene rings is 1. The average Bonchev–Trinajstić information content (AvgIpc) is 3.03. The molecule has 1 aromatic heterocycles. The molecule has 0 fully saturated rings. The molecule has 5 heteroatoms. The van der Waals surface area contributed by atoms with Gasteiger partial charge in [-0.1, -0.05) is 30.3 Å². The maximum atomic E-state index is 12.2. The number of aryl methyl sites for hydroxylation is 1. The van der Waals surface area contributed by atoms with E-state index in [-0.39, 0.29) is 18.9 Å². The third-order valence-electron chi connectivity index (χ3n) is 3.36. The smallest absolute Gasteiger partial charge is 0.323 e. The summed E-state index contributed by atoms with van der Waals surface area (Å²) < 4.78 is 5.19. The Morgan fingerprint density at radius 1 is 1.05 bits per heavy atom.